The molecule has 1 N–H and O–H groups in total. The van der Waals surface area contributed by atoms with E-state index in [0.717, 1.165) is 12.0 Å². The van der Waals surface area contributed by atoms with Crippen molar-refractivity contribution < 1.29 is 5.11 Å². The lowest BCUT2D eigenvalue weighted by Gasteiger charge is -2.27. The third-order valence-electron chi connectivity index (χ3n) is 3.63. The number of hydrogen-bond donors (Lipinski definition) is 1. The summed E-state index contributed by atoms with van der Waals surface area (Å²) >= 11 is 0. The highest BCUT2D eigenvalue weighted by molar-refractivity contribution is 5.38. The van der Waals surface area contributed by atoms with E-state index in [1.807, 2.05) is 18.2 Å². The highest BCUT2D eigenvalue weighted by Crippen LogP contribution is 2.31. The van der Waals surface area contributed by atoms with Gasteiger partial charge in [0.25, 0.3) is 0 Å². The number of phenols is 1. The third kappa shape index (κ3) is 3.17. The quantitative estimate of drug-likeness (QED) is 0.853. The molecule has 0 aliphatic heterocycles. The lowest BCUT2D eigenvalue weighted by Crippen LogP contribution is -2.21. The van der Waals surface area contributed by atoms with Crippen molar-refractivity contribution in [3.05, 3.63) is 64.7 Å². The maximum atomic E-state index is 9.93. The maximum Gasteiger partial charge on any atom is 0.118 e. The van der Waals surface area contributed by atoms with Gasteiger partial charge in [0.2, 0.25) is 0 Å². The Morgan fingerprint density at radius 2 is 1.53 bits per heavy atom. The first-order valence-corrected chi connectivity index (χ1v) is 6.74. The SMILES string of the molecule is Cc1cc(C)cc(C(C)(C)Cc2ccccc2O)c1. The van der Waals surface area contributed by atoms with Crippen molar-refractivity contribution in [2.75, 3.05) is 0 Å². The molecule has 0 unspecified atom stereocenters. The second-order valence-electron chi connectivity index (χ2n) is 6.07. The second kappa shape index (κ2) is 5.08. The Labute approximate surface area is 115 Å². The summed E-state index contributed by atoms with van der Waals surface area (Å²) in [4.78, 5) is 0. The molecule has 100 valence electrons. The molecule has 0 saturated heterocycles. The van der Waals surface area contributed by atoms with Crippen molar-refractivity contribution in [1.29, 1.82) is 0 Å². The number of aryl methyl sites for hydroxylation is 2. The maximum absolute atomic E-state index is 9.93. The Balaban J connectivity index is 2.34. The highest BCUT2D eigenvalue weighted by atomic mass is 16.3. The fourth-order valence-corrected chi connectivity index (χ4v) is 2.60. The molecule has 0 saturated carbocycles. The van der Waals surface area contributed by atoms with Crippen molar-refractivity contribution in [3.8, 4) is 5.75 Å². The monoisotopic (exact) mass is 254 g/mol. The summed E-state index contributed by atoms with van der Waals surface area (Å²) in [7, 11) is 0. The van der Waals surface area contributed by atoms with E-state index >= 15 is 0 Å². The van der Waals surface area contributed by atoms with Crippen molar-refractivity contribution in [2.45, 2.75) is 39.5 Å². The van der Waals surface area contributed by atoms with Gasteiger partial charge < -0.3 is 5.11 Å². The Bertz CT molecular complexity index is 562. The van der Waals surface area contributed by atoms with Gasteiger partial charge in [-0.15, -0.1) is 0 Å². The second-order valence-corrected chi connectivity index (χ2v) is 6.07. The molecule has 2 aromatic rings. The summed E-state index contributed by atoms with van der Waals surface area (Å²) in [6.45, 7) is 8.72. The Hall–Kier alpha value is -1.76. The summed E-state index contributed by atoms with van der Waals surface area (Å²) in [5.41, 5.74) is 4.93. The highest BCUT2D eigenvalue weighted by Gasteiger charge is 2.22. The third-order valence-corrected chi connectivity index (χ3v) is 3.63. The number of benzene rings is 2. The molecule has 1 heteroatoms. The summed E-state index contributed by atoms with van der Waals surface area (Å²) < 4.78 is 0. The van der Waals surface area contributed by atoms with Gasteiger partial charge in [0, 0.05) is 0 Å². The number of aromatic hydroxyl groups is 1. The summed E-state index contributed by atoms with van der Waals surface area (Å²) in [6, 6.07) is 14.3. The molecule has 0 aliphatic rings. The summed E-state index contributed by atoms with van der Waals surface area (Å²) in [5.74, 6) is 0.389. The molecule has 2 aromatic carbocycles. The number of phenolic OH excluding ortho intramolecular Hbond substituents is 1. The first-order chi connectivity index (χ1) is 8.88. The van der Waals surface area contributed by atoms with E-state index in [4.69, 9.17) is 0 Å². The molecule has 0 fully saturated rings. The van der Waals surface area contributed by atoms with E-state index < -0.39 is 0 Å². The first kappa shape index (κ1) is 13.7. The molecule has 0 atom stereocenters. The van der Waals surface area contributed by atoms with Gasteiger partial charge in [-0.25, -0.2) is 0 Å². The van der Waals surface area contributed by atoms with Crippen LogP contribution in [-0.4, -0.2) is 5.11 Å². The van der Waals surface area contributed by atoms with Crippen LogP contribution in [0.2, 0.25) is 0 Å². The fourth-order valence-electron chi connectivity index (χ4n) is 2.60. The van der Waals surface area contributed by atoms with Gasteiger partial charge in [-0.3, -0.25) is 0 Å². The molecule has 0 bridgehead atoms. The largest absolute Gasteiger partial charge is 0.508 e. The fraction of sp³-hybridized carbons (Fsp3) is 0.333. The van der Waals surface area contributed by atoms with Gasteiger partial charge in [-0.1, -0.05) is 61.4 Å². The number of hydrogen-bond acceptors (Lipinski definition) is 1. The summed E-state index contributed by atoms with van der Waals surface area (Å²) in [6.07, 6.45) is 0.836. The average molecular weight is 254 g/mol. The predicted molar refractivity (Wildman–Crippen MR) is 80.8 cm³/mol. The molecule has 0 heterocycles. The van der Waals surface area contributed by atoms with Gasteiger partial charge in [-0.05, 0) is 42.9 Å². The molecule has 1 nitrogen and oxygen atoms in total. The molecule has 0 aliphatic carbocycles. The molecular weight excluding hydrogens is 232 g/mol. The molecule has 0 radical (unpaired) electrons. The van der Waals surface area contributed by atoms with E-state index in [-0.39, 0.29) is 5.41 Å². The molecule has 0 aromatic heterocycles. The average Bonchev–Trinajstić information content (AvgIpc) is 2.31. The standard InChI is InChI=1S/C18H22O/c1-13-9-14(2)11-16(10-13)18(3,4)12-15-7-5-6-8-17(15)19/h5-11,19H,12H2,1-4H3. The lowest BCUT2D eigenvalue weighted by molar-refractivity contribution is 0.450. The molecule has 0 amide bonds. The summed E-state index contributed by atoms with van der Waals surface area (Å²) in [5, 5.41) is 9.93. The molecular formula is C18H22O. The smallest absolute Gasteiger partial charge is 0.118 e. The van der Waals surface area contributed by atoms with E-state index in [1.165, 1.54) is 16.7 Å². The van der Waals surface area contributed by atoms with Crippen LogP contribution in [0.3, 0.4) is 0 Å². The van der Waals surface area contributed by atoms with Crippen molar-refractivity contribution >= 4 is 0 Å². The van der Waals surface area contributed by atoms with Crippen molar-refractivity contribution in [1.82, 2.24) is 0 Å². The zero-order valence-electron chi connectivity index (χ0n) is 12.2. The molecule has 19 heavy (non-hydrogen) atoms. The van der Waals surface area contributed by atoms with Crippen LogP contribution in [0.25, 0.3) is 0 Å². The van der Waals surface area contributed by atoms with E-state index in [2.05, 4.69) is 45.9 Å². The minimum absolute atomic E-state index is 0.00954. The number of para-hydroxylation sites is 1. The van der Waals surface area contributed by atoms with Crippen LogP contribution in [0.4, 0.5) is 0 Å². The van der Waals surface area contributed by atoms with Gasteiger partial charge in [0.05, 0.1) is 0 Å². The predicted octanol–water partition coefficient (Wildman–Crippen LogP) is 4.53. The van der Waals surface area contributed by atoms with Crippen LogP contribution in [0.5, 0.6) is 5.75 Å². The van der Waals surface area contributed by atoms with Crippen LogP contribution >= 0.6 is 0 Å². The van der Waals surface area contributed by atoms with Crippen LogP contribution < -0.4 is 0 Å². The lowest BCUT2D eigenvalue weighted by atomic mass is 9.78. The first-order valence-electron chi connectivity index (χ1n) is 6.74. The minimum atomic E-state index is 0.00954. The minimum Gasteiger partial charge on any atom is -0.508 e. The van der Waals surface area contributed by atoms with Crippen molar-refractivity contribution in [2.24, 2.45) is 0 Å². The van der Waals surface area contributed by atoms with Crippen LogP contribution in [0, 0.1) is 13.8 Å². The Morgan fingerprint density at radius 3 is 2.11 bits per heavy atom. The normalized spacial score (nSPS) is 11.6. The van der Waals surface area contributed by atoms with Crippen LogP contribution in [0.15, 0.2) is 42.5 Å². The van der Waals surface area contributed by atoms with Crippen LogP contribution in [-0.2, 0) is 11.8 Å². The van der Waals surface area contributed by atoms with E-state index in [1.54, 1.807) is 6.07 Å². The topological polar surface area (TPSA) is 20.2 Å². The Kier molecular flexibility index (Phi) is 3.66. The van der Waals surface area contributed by atoms with E-state index in [0.29, 0.717) is 5.75 Å². The zero-order chi connectivity index (χ0) is 14.0. The van der Waals surface area contributed by atoms with Gasteiger partial charge in [-0.2, -0.15) is 0 Å². The Morgan fingerprint density at radius 1 is 0.947 bits per heavy atom. The molecule has 0 spiro atoms. The molecule has 2 rings (SSSR count). The number of rotatable bonds is 3. The van der Waals surface area contributed by atoms with Crippen LogP contribution in [0.1, 0.15) is 36.1 Å². The van der Waals surface area contributed by atoms with Gasteiger partial charge >= 0.3 is 0 Å². The zero-order valence-corrected chi connectivity index (χ0v) is 12.2. The van der Waals surface area contributed by atoms with E-state index in [9.17, 15) is 5.11 Å². The van der Waals surface area contributed by atoms with Crippen molar-refractivity contribution in [3.63, 3.8) is 0 Å². The van der Waals surface area contributed by atoms with Gasteiger partial charge in [0.15, 0.2) is 0 Å². The van der Waals surface area contributed by atoms with Gasteiger partial charge in [0.1, 0.15) is 5.75 Å².